The topological polar surface area (TPSA) is 69.3 Å². The molecule has 0 aliphatic carbocycles. The maximum atomic E-state index is 8.92. The van der Waals surface area contributed by atoms with Crippen LogP contribution in [0.2, 0.25) is 0 Å². The van der Waals surface area contributed by atoms with Gasteiger partial charge in [0.2, 0.25) is 0 Å². The molecule has 0 spiro atoms. The van der Waals surface area contributed by atoms with Crippen molar-refractivity contribution in [3.05, 3.63) is 29.3 Å². The average Bonchev–Trinajstić information content (AvgIpc) is 2.97. The fraction of sp³-hybridized carbons (Fsp3) is 0.333. The molecular weight excluding hydrogens is 254 g/mol. The van der Waals surface area contributed by atoms with Gasteiger partial charge in [-0.05, 0) is 24.1 Å². The predicted molar refractivity (Wildman–Crippen MR) is 74.6 cm³/mol. The summed E-state index contributed by atoms with van der Waals surface area (Å²) in [5.41, 5.74) is 2.05. The summed E-state index contributed by atoms with van der Waals surface area (Å²) in [5.74, 6) is 1.45. The minimum Gasteiger partial charge on any atom is -0.497 e. The van der Waals surface area contributed by atoms with Crippen LogP contribution >= 0.6 is 0 Å². The number of hydrogen-bond donors (Lipinski definition) is 0. The molecule has 0 amide bonds. The van der Waals surface area contributed by atoms with Gasteiger partial charge in [0.15, 0.2) is 0 Å². The third-order valence-corrected chi connectivity index (χ3v) is 3.37. The van der Waals surface area contributed by atoms with E-state index in [-0.39, 0.29) is 5.57 Å². The summed E-state index contributed by atoms with van der Waals surface area (Å²) in [6.07, 6.45) is 0.728. The van der Waals surface area contributed by atoms with E-state index in [0.717, 1.165) is 35.7 Å². The minimum absolute atomic E-state index is 0.222. The maximum absolute atomic E-state index is 8.92. The van der Waals surface area contributed by atoms with E-state index in [0.29, 0.717) is 6.54 Å². The monoisotopic (exact) mass is 269 g/mol. The number of nitriles is 2. The second-order valence-corrected chi connectivity index (χ2v) is 4.41. The molecule has 0 unspecified atom stereocenters. The number of rotatable bonds is 3. The number of ether oxygens (including phenoxy) is 2. The second kappa shape index (κ2) is 5.99. The first-order valence-electron chi connectivity index (χ1n) is 6.22. The third kappa shape index (κ3) is 2.53. The van der Waals surface area contributed by atoms with Gasteiger partial charge >= 0.3 is 0 Å². The summed E-state index contributed by atoms with van der Waals surface area (Å²) < 4.78 is 10.6. The van der Waals surface area contributed by atoms with Crippen molar-refractivity contribution in [1.82, 2.24) is 0 Å². The quantitative estimate of drug-likeness (QED) is 0.787. The Kier molecular flexibility index (Phi) is 4.12. The Morgan fingerprint density at radius 1 is 1.20 bits per heavy atom. The van der Waals surface area contributed by atoms with Crippen LogP contribution in [0.5, 0.6) is 11.5 Å². The molecule has 20 heavy (non-hydrogen) atoms. The van der Waals surface area contributed by atoms with E-state index >= 15 is 0 Å². The van der Waals surface area contributed by atoms with Gasteiger partial charge in [0, 0.05) is 19.2 Å². The lowest BCUT2D eigenvalue weighted by molar-refractivity contribution is 0.394. The Morgan fingerprint density at radius 2 is 1.95 bits per heavy atom. The van der Waals surface area contributed by atoms with Crippen molar-refractivity contribution in [1.29, 1.82) is 10.5 Å². The SMILES string of the molecule is COc1ccc(N2CCC(=C(C#N)C#N)C2)c(OC)c1. The molecular formula is C15H15N3O2. The molecule has 2 rings (SSSR count). The molecule has 0 radical (unpaired) electrons. The molecule has 0 saturated carbocycles. The molecule has 1 saturated heterocycles. The summed E-state index contributed by atoms with van der Waals surface area (Å²) in [5, 5.41) is 17.8. The van der Waals surface area contributed by atoms with Crippen molar-refractivity contribution in [3.8, 4) is 23.6 Å². The summed E-state index contributed by atoms with van der Waals surface area (Å²) in [6.45, 7) is 1.35. The number of allylic oxidation sites excluding steroid dienone is 1. The number of benzene rings is 1. The fourth-order valence-electron chi connectivity index (χ4n) is 2.30. The Bertz CT molecular complexity index is 607. The highest BCUT2D eigenvalue weighted by Crippen LogP contribution is 2.35. The molecule has 5 heteroatoms. The van der Waals surface area contributed by atoms with E-state index in [9.17, 15) is 0 Å². The van der Waals surface area contributed by atoms with Crippen molar-refractivity contribution >= 4 is 5.69 Å². The van der Waals surface area contributed by atoms with Crippen LogP contribution in [-0.4, -0.2) is 27.3 Å². The van der Waals surface area contributed by atoms with Gasteiger partial charge < -0.3 is 14.4 Å². The zero-order chi connectivity index (χ0) is 14.5. The lowest BCUT2D eigenvalue weighted by Gasteiger charge is -2.20. The Hall–Kier alpha value is -2.66. The van der Waals surface area contributed by atoms with Crippen molar-refractivity contribution in [2.75, 3.05) is 32.2 Å². The molecule has 1 fully saturated rings. The van der Waals surface area contributed by atoms with Crippen molar-refractivity contribution in [2.45, 2.75) is 6.42 Å². The Balaban J connectivity index is 2.30. The average molecular weight is 269 g/mol. The van der Waals surface area contributed by atoms with Crippen LogP contribution in [0, 0.1) is 22.7 Å². The summed E-state index contributed by atoms with van der Waals surface area (Å²) in [7, 11) is 3.22. The van der Waals surface area contributed by atoms with E-state index in [1.807, 2.05) is 30.3 Å². The van der Waals surface area contributed by atoms with E-state index < -0.39 is 0 Å². The molecule has 1 heterocycles. The molecule has 1 aromatic rings. The highest BCUT2D eigenvalue weighted by Gasteiger charge is 2.22. The van der Waals surface area contributed by atoms with Crippen LogP contribution in [0.1, 0.15) is 6.42 Å². The molecule has 0 N–H and O–H groups in total. The second-order valence-electron chi connectivity index (χ2n) is 4.41. The predicted octanol–water partition coefficient (Wildman–Crippen LogP) is 2.26. The fourth-order valence-corrected chi connectivity index (χ4v) is 2.30. The van der Waals surface area contributed by atoms with Crippen molar-refractivity contribution < 1.29 is 9.47 Å². The molecule has 1 aromatic carbocycles. The van der Waals surface area contributed by atoms with Crippen LogP contribution in [0.25, 0.3) is 0 Å². The summed E-state index contributed by atoms with van der Waals surface area (Å²) in [6, 6.07) is 9.53. The van der Waals surface area contributed by atoms with E-state index in [1.165, 1.54) is 0 Å². The van der Waals surface area contributed by atoms with Crippen molar-refractivity contribution in [3.63, 3.8) is 0 Å². The smallest absolute Gasteiger partial charge is 0.145 e. The molecule has 1 aliphatic heterocycles. The standard InChI is InChI=1S/C15H15N3O2/c1-19-13-3-4-14(15(7-13)20-2)18-6-5-11(10-18)12(8-16)9-17/h3-4,7H,5-6,10H2,1-2H3. The van der Waals surface area contributed by atoms with Crippen LogP contribution in [0.4, 0.5) is 5.69 Å². The molecule has 5 nitrogen and oxygen atoms in total. The van der Waals surface area contributed by atoms with Crippen LogP contribution < -0.4 is 14.4 Å². The number of methoxy groups -OCH3 is 2. The van der Waals surface area contributed by atoms with Gasteiger partial charge in [-0.3, -0.25) is 0 Å². The first kappa shape index (κ1) is 13.8. The van der Waals surface area contributed by atoms with E-state index in [2.05, 4.69) is 4.90 Å². The zero-order valence-corrected chi connectivity index (χ0v) is 11.5. The molecule has 0 bridgehead atoms. The van der Waals surface area contributed by atoms with Gasteiger partial charge in [0.05, 0.1) is 19.9 Å². The molecule has 0 atom stereocenters. The normalized spacial score (nSPS) is 13.6. The van der Waals surface area contributed by atoms with Gasteiger partial charge in [-0.15, -0.1) is 0 Å². The number of nitrogens with zero attached hydrogens (tertiary/aromatic N) is 3. The molecule has 1 aliphatic rings. The molecule has 0 aromatic heterocycles. The Morgan fingerprint density at radius 3 is 2.55 bits per heavy atom. The Labute approximate surface area is 118 Å². The number of anilines is 1. The van der Waals surface area contributed by atoms with Crippen LogP contribution in [0.15, 0.2) is 29.3 Å². The summed E-state index contributed by atoms with van der Waals surface area (Å²) in [4.78, 5) is 2.10. The zero-order valence-electron chi connectivity index (χ0n) is 11.5. The van der Waals surface area contributed by atoms with Gasteiger partial charge in [-0.2, -0.15) is 10.5 Å². The lowest BCUT2D eigenvalue weighted by atomic mass is 10.1. The lowest BCUT2D eigenvalue weighted by Crippen LogP contribution is -2.18. The first-order chi connectivity index (χ1) is 9.73. The molecule has 102 valence electrons. The summed E-state index contributed by atoms with van der Waals surface area (Å²) >= 11 is 0. The van der Waals surface area contributed by atoms with Gasteiger partial charge in [-0.25, -0.2) is 0 Å². The first-order valence-corrected chi connectivity index (χ1v) is 6.22. The maximum Gasteiger partial charge on any atom is 0.145 e. The third-order valence-electron chi connectivity index (χ3n) is 3.37. The van der Waals surface area contributed by atoms with Crippen LogP contribution in [-0.2, 0) is 0 Å². The van der Waals surface area contributed by atoms with Gasteiger partial charge in [0.25, 0.3) is 0 Å². The van der Waals surface area contributed by atoms with Crippen molar-refractivity contribution in [2.24, 2.45) is 0 Å². The van der Waals surface area contributed by atoms with E-state index in [1.54, 1.807) is 14.2 Å². The largest absolute Gasteiger partial charge is 0.497 e. The minimum atomic E-state index is 0.222. The highest BCUT2D eigenvalue weighted by atomic mass is 16.5. The van der Waals surface area contributed by atoms with Gasteiger partial charge in [-0.1, -0.05) is 0 Å². The van der Waals surface area contributed by atoms with Crippen LogP contribution in [0.3, 0.4) is 0 Å². The highest BCUT2D eigenvalue weighted by molar-refractivity contribution is 5.63. The van der Waals surface area contributed by atoms with E-state index in [4.69, 9.17) is 20.0 Å². The van der Waals surface area contributed by atoms with Gasteiger partial charge in [0.1, 0.15) is 29.2 Å². The number of hydrogen-bond acceptors (Lipinski definition) is 5.